The van der Waals surface area contributed by atoms with E-state index in [9.17, 15) is 9.90 Å². The molecule has 1 aliphatic carbocycles. The zero-order valence-electron chi connectivity index (χ0n) is 13.6. The second-order valence-electron chi connectivity index (χ2n) is 5.80. The fourth-order valence-electron chi connectivity index (χ4n) is 2.74. The molecule has 2 atom stereocenters. The lowest BCUT2D eigenvalue weighted by Gasteiger charge is -2.26. The van der Waals surface area contributed by atoms with Gasteiger partial charge in [0.25, 0.3) is 0 Å². The molecule has 6 heteroatoms. The first-order valence-electron chi connectivity index (χ1n) is 8.06. The molecule has 0 radical (unpaired) electrons. The minimum atomic E-state index is 0.0622. The minimum Gasteiger partial charge on any atom is -0.512 e. The predicted octanol–water partition coefficient (Wildman–Crippen LogP) is 4.66. The minimum absolute atomic E-state index is 0.0622. The van der Waals surface area contributed by atoms with Crippen molar-refractivity contribution in [1.82, 2.24) is 0 Å². The summed E-state index contributed by atoms with van der Waals surface area (Å²) in [5, 5.41) is 13.9. The van der Waals surface area contributed by atoms with Crippen molar-refractivity contribution in [1.29, 1.82) is 0 Å². The van der Waals surface area contributed by atoms with Crippen LogP contribution in [0.1, 0.15) is 45.4 Å². The van der Waals surface area contributed by atoms with Gasteiger partial charge in [-0.2, -0.15) is 12.6 Å². The number of carbonyl (C=O) groups is 1. The third kappa shape index (κ3) is 7.44. The van der Waals surface area contributed by atoms with Crippen LogP contribution in [0.3, 0.4) is 0 Å². The Labute approximate surface area is 149 Å². The van der Waals surface area contributed by atoms with Gasteiger partial charge in [-0.25, -0.2) is 0 Å². The Balaban J connectivity index is 2.45. The van der Waals surface area contributed by atoms with Crippen molar-refractivity contribution in [2.24, 2.45) is 17.0 Å². The zero-order chi connectivity index (χ0) is 17.1. The van der Waals surface area contributed by atoms with Gasteiger partial charge in [0, 0.05) is 30.2 Å². The summed E-state index contributed by atoms with van der Waals surface area (Å²) in [6.07, 6.45) is 7.43. The van der Waals surface area contributed by atoms with Crippen LogP contribution in [0, 0.1) is 11.8 Å². The van der Waals surface area contributed by atoms with Crippen LogP contribution in [-0.2, 0) is 9.63 Å². The summed E-state index contributed by atoms with van der Waals surface area (Å²) in [7, 11) is 0. The highest BCUT2D eigenvalue weighted by Crippen LogP contribution is 2.32. The van der Waals surface area contributed by atoms with Crippen LogP contribution in [-0.4, -0.2) is 29.5 Å². The highest BCUT2D eigenvalue weighted by molar-refractivity contribution is 7.80. The number of hydrogen-bond donors (Lipinski definition) is 2. The van der Waals surface area contributed by atoms with E-state index in [0.29, 0.717) is 43.8 Å². The molecule has 0 bridgehead atoms. The molecule has 0 aromatic carbocycles. The van der Waals surface area contributed by atoms with Crippen molar-refractivity contribution in [3.05, 3.63) is 22.9 Å². The predicted molar refractivity (Wildman–Crippen MR) is 98.3 cm³/mol. The normalized spacial score (nSPS) is 20.7. The summed E-state index contributed by atoms with van der Waals surface area (Å²) in [5.41, 5.74) is 1.92. The van der Waals surface area contributed by atoms with E-state index in [1.807, 2.05) is 0 Å². The number of allylic oxidation sites excluding steroid dienone is 2. The third-order valence-corrected chi connectivity index (χ3v) is 4.77. The number of nitrogens with zero attached hydrogens (tertiary/aromatic N) is 1. The van der Waals surface area contributed by atoms with E-state index >= 15 is 0 Å². The first kappa shape index (κ1) is 20.1. The summed E-state index contributed by atoms with van der Waals surface area (Å²) in [6, 6.07) is 0. The molecule has 130 valence electrons. The first-order valence-corrected chi connectivity index (χ1v) is 9.13. The number of rotatable bonds is 10. The van der Waals surface area contributed by atoms with Gasteiger partial charge in [0.2, 0.25) is 0 Å². The van der Waals surface area contributed by atoms with Gasteiger partial charge >= 0.3 is 0 Å². The molecule has 0 aromatic heterocycles. The van der Waals surface area contributed by atoms with Crippen molar-refractivity contribution in [2.45, 2.75) is 45.4 Å². The van der Waals surface area contributed by atoms with E-state index in [4.69, 9.17) is 16.4 Å². The fraction of sp³-hybridized carbons (Fsp3) is 0.647. The molecule has 0 aromatic rings. The summed E-state index contributed by atoms with van der Waals surface area (Å²) < 4.78 is 0. The number of ketones is 1. The van der Waals surface area contributed by atoms with Crippen molar-refractivity contribution in [2.75, 3.05) is 12.4 Å². The Morgan fingerprint density at radius 1 is 1.52 bits per heavy atom. The van der Waals surface area contributed by atoms with Crippen LogP contribution in [0.2, 0.25) is 0 Å². The highest BCUT2D eigenvalue weighted by atomic mass is 35.5. The average molecular weight is 360 g/mol. The Bertz CT molecular complexity index is 459. The lowest BCUT2D eigenvalue weighted by molar-refractivity contribution is -0.117. The van der Waals surface area contributed by atoms with E-state index < -0.39 is 0 Å². The maximum absolute atomic E-state index is 12.2. The lowest BCUT2D eigenvalue weighted by Crippen LogP contribution is -2.22. The third-order valence-electron chi connectivity index (χ3n) is 4.08. The molecule has 0 aliphatic heterocycles. The maximum atomic E-state index is 12.2. The van der Waals surface area contributed by atoms with Gasteiger partial charge in [0.05, 0.1) is 5.76 Å². The van der Waals surface area contributed by atoms with E-state index in [1.165, 1.54) is 5.54 Å². The molecule has 1 rings (SSSR count). The van der Waals surface area contributed by atoms with Crippen LogP contribution in [0.25, 0.3) is 0 Å². The number of thiol groups is 1. The quantitative estimate of drug-likeness (QED) is 0.258. The number of Topliss-reactive ketones (excluding diaryl/α,β-unsaturated/α-hetero) is 1. The fourth-order valence-corrected chi connectivity index (χ4v) is 3.22. The highest BCUT2D eigenvalue weighted by Gasteiger charge is 2.28. The molecule has 1 aliphatic rings. The molecule has 0 fully saturated rings. The van der Waals surface area contributed by atoms with E-state index in [2.05, 4.69) is 24.7 Å². The molecule has 0 saturated carbocycles. The Hall–Kier alpha value is -0.940. The van der Waals surface area contributed by atoms with Crippen LogP contribution < -0.4 is 0 Å². The largest absolute Gasteiger partial charge is 0.512 e. The van der Waals surface area contributed by atoms with Crippen LogP contribution >= 0.6 is 24.2 Å². The smallest absolute Gasteiger partial charge is 0.162 e. The van der Waals surface area contributed by atoms with E-state index in [1.54, 1.807) is 12.3 Å². The maximum Gasteiger partial charge on any atom is 0.162 e. The van der Waals surface area contributed by atoms with Crippen LogP contribution in [0.5, 0.6) is 0 Å². The first-order chi connectivity index (χ1) is 11.1. The molecule has 23 heavy (non-hydrogen) atoms. The van der Waals surface area contributed by atoms with E-state index in [0.717, 1.165) is 18.6 Å². The second kappa shape index (κ2) is 11.6. The monoisotopic (exact) mass is 359 g/mol. The Morgan fingerprint density at radius 2 is 2.30 bits per heavy atom. The molecule has 4 nitrogen and oxygen atoms in total. The van der Waals surface area contributed by atoms with Gasteiger partial charge in [0.15, 0.2) is 5.78 Å². The van der Waals surface area contributed by atoms with Gasteiger partial charge in [-0.1, -0.05) is 30.1 Å². The topological polar surface area (TPSA) is 58.9 Å². The van der Waals surface area contributed by atoms with E-state index in [-0.39, 0.29) is 17.5 Å². The number of halogens is 1. The molecule has 2 unspecified atom stereocenters. The standard InChI is InChI=1S/C17H26ClNO3S/c1-2-13(12-23)9-14-10-16(20)15(17(21)11-14)5-3-7-19-22-8-4-6-18/h4,6-7,13-14,20,23H,2-3,5,8-12H2,1H3/b6-4+,19-7?. The van der Waals surface area contributed by atoms with Gasteiger partial charge in [-0.05, 0) is 42.9 Å². The summed E-state index contributed by atoms with van der Waals surface area (Å²) in [6.45, 7) is 2.45. The number of carbonyl (C=O) groups excluding carboxylic acids is 1. The van der Waals surface area contributed by atoms with Gasteiger partial charge in [0.1, 0.15) is 6.61 Å². The summed E-state index contributed by atoms with van der Waals surface area (Å²) >= 11 is 9.70. The second-order valence-corrected chi connectivity index (χ2v) is 6.42. The SMILES string of the molecule is CCC(CS)CC1CC(=O)C(CCC=NOC/C=C/Cl)=C(O)C1. The van der Waals surface area contributed by atoms with Crippen LogP contribution in [0.4, 0.5) is 0 Å². The molecule has 0 spiro atoms. The van der Waals surface area contributed by atoms with Crippen molar-refractivity contribution in [3.63, 3.8) is 0 Å². The summed E-state index contributed by atoms with van der Waals surface area (Å²) in [5.74, 6) is 1.89. The Kier molecular flexibility index (Phi) is 10.1. The van der Waals surface area contributed by atoms with Gasteiger partial charge in [-0.15, -0.1) is 0 Å². The molecule has 0 amide bonds. The zero-order valence-corrected chi connectivity index (χ0v) is 15.2. The summed E-state index contributed by atoms with van der Waals surface area (Å²) in [4.78, 5) is 17.2. The molecule has 1 N–H and O–H groups in total. The molecular formula is C17H26ClNO3S. The molecular weight excluding hydrogens is 334 g/mol. The lowest BCUT2D eigenvalue weighted by atomic mass is 9.80. The van der Waals surface area contributed by atoms with Crippen LogP contribution in [0.15, 0.2) is 28.1 Å². The molecule has 0 heterocycles. The number of aliphatic hydroxyl groups excluding tert-OH is 1. The van der Waals surface area contributed by atoms with Gasteiger partial charge < -0.3 is 9.94 Å². The van der Waals surface area contributed by atoms with Gasteiger partial charge in [-0.3, -0.25) is 4.79 Å². The average Bonchev–Trinajstić information content (AvgIpc) is 2.53. The van der Waals surface area contributed by atoms with Crippen molar-refractivity contribution < 1.29 is 14.7 Å². The van der Waals surface area contributed by atoms with Crippen molar-refractivity contribution >= 4 is 36.2 Å². The number of aliphatic hydroxyl groups is 1. The Morgan fingerprint density at radius 3 is 2.91 bits per heavy atom. The van der Waals surface area contributed by atoms with Crippen molar-refractivity contribution in [3.8, 4) is 0 Å². The number of oxime groups is 1. The number of hydrogen-bond acceptors (Lipinski definition) is 5. The molecule has 0 saturated heterocycles.